The zero-order valence-corrected chi connectivity index (χ0v) is 23.5. The van der Waals surface area contributed by atoms with Crippen molar-refractivity contribution in [1.82, 2.24) is 4.90 Å². The monoisotopic (exact) mass is 547 g/mol. The van der Waals surface area contributed by atoms with Crippen LogP contribution in [0.1, 0.15) is 27.2 Å². The molecule has 222 valence electrons. The van der Waals surface area contributed by atoms with E-state index in [9.17, 15) is 4.79 Å². The molecule has 0 spiro atoms. The topological polar surface area (TPSA) is 114 Å². The number of carbonyl (C=O) groups excluding carboxylic acids is 1. The van der Waals surface area contributed by atoms with E-state index in [0.717, 1.165) is 6.42 Å². The Balaban J connectivity index is 2.04. The van der Waals surface area contributed by atoms with Gasteiger partial charge in [0.2, 0.25) is 6.29 Å². The van der Waals surface area contributed by atoms with Gasteiger partial charge < -0.3 is 47.9 Å². The van der Waals surface area contributed by atoms with Gasteiger partial charge in [-0.15, -0.1) is 0 Å². The number of ether oxygens (including phenoxy) is 8. The first-order chi connectivity index (χ1) is 18.6. The molecule has 3 atom stereocenters. The van der Waals surface area contributed by atoms with Gasteiger partial charge in [-0.05, 0) is 31.3 Å². The average molecular weight is 548 g/mol. The van der Waals surface area contributed by atoms with Crippen molar-refractivity contribution in [2.45, 2.75) is 33.5 Å². The fraction of sp³-hybridized carbons (Fsp3) is 0.889. The summed E-state index contributed by atoms with van der Waals surface area (Å²) in [6.45, 7) is 12.9. The fourth-order valence-electron chi connectivity index (χ4n) is 4.38. The van der Waals surface area contributed by atoms with Crippen molar-refractivity contribution in [3.63, 3.8) is 0 Å². The van der Waals surface area contributed by atoms with Gasteiger partial charge in [0.1, 0.15) is 0 Å². The van der Waals surface area contributed by atoms with Crippen molar-refractivity contribution >= 4 is 5.91 Å². The molecule has 0 aromatic rings. The van der Waals surface area contributed by atoms with E-state index in [-0.39, 0.29) is 30.3 Å². The van der Waals surface area contributed by atoms with Crippen LogP contribution in [0.4, 0.5) is 0 Å². The standard InChI is InChI=1S/C27H49NO10/c1-4-37-27-23(5-9-31-13-16-34-12-8-29)24(22(2)3)21-25(38-27)26(30)28-6-10-32-14-17-35-19-20-36-18-15-33-11-7-28/h21-24,27,29H,4-20H2,1-3H3. The molecule has 2 rings (SSSR count). The molecular formula is C27H49NO10. The molecule has 38 heavy (non-hydrogen) atoms. The van der Waals surface area contributed by atoms with Crippen LogP contribution < -0.4 is 0 Å². The highest BCUT2D eigenvalue weighted by molar-refractivity contribution is 5.91. The lowest BCUT2D eigenvalue weighted by Crippen LogP contribution is -2.44. The average Bonchev–Trinajstić information content (AvgIpc) is 2.92. The van der Waals surface area contributed by atoms with Gasteiger partial charge in [0, 0.05) is 32.2 Å². The Bertz CT molecular complexity index is 631. The zero-order valence-electron chi connectivity index (χ0n) is 23.5. The van der Waals surface area contributed by atoms with Crippen LogP contribution in [0.2, 0.25) is 0 Å². The predicted molar refractivity (Wildman–Crippen MR) is 140 cm³/mol. The van der Waals surface area contributed by atoms with Crippen LogP contribution in [0.15, 0.2) is 11.8 Å². The van der Waals surface area contributed by atoms with Crippen molar-refractivity contribution in [3.8, 4) is 0 Å². The van der Waals surface area contributed by atoms with E-state index >= 15 is 0 Å². The summed E-state index contributed by atoms with van der Waals surface area (Å²) in [7, 11) is 0. The van der Waals surface area contributed by atoms with E-state index in [1.54, 1.807) is 4.90 Å². The van der Waals surface area contributed by atoms with E-state index in [4.69, 9.17) is 43.0 Å². The molecule has 0 bridgehead atoms. The number of nitrogens with zero attached hydrogens (tertiary/aromatic N) is 1. The van der Waals surface area contributed by atoms with Gasteiger partial charge in [0.15, 0.2) is 5.76 Å². The molecule has 11 nitrogen and oxygen atoms in total. The second kappa shape index (κ2) is 20.6. The zero-order chi connectivity index (χ0) is 27.4. The highest BCUT2D eigenvalue weighted by Crippen LogP contribution is 2.36. The van der Waals surface area contributed by atoms with E-state index in [1.165, 1.54) is 0 Å². The Morgan fingerprint density at radius 3 is 2.00 bits per heavy atom. The number of hydrogen-bond donors (Lipinski definition) is 1. The number of aliphatic hydroxyl groups excluding tert-OH is 1. The maximum Gasteiger partial charge on any atom is 0.288 e. The highest BCUT2D eigenvalue weighted by Gasteiger charge is 2.39. The fourth-order valence-corrected chi connectivity index (χ4v) is 4.38. The van der Waals surface area contributed by atoms with Gasteiger partial charge in [-0.1, -0.05) is 13.8 Å². The minimum Gasteiger partial charge on any atom is -0.459 e. The molecule has 2 aliphatic heterocycles. The molecule has 0 aliphatic carbocycles. The molecule has 2 aliphatic rings. The number of hydrogen-bond acceptors (Lipinski definition) is 10. The molecular weight excluding hydrogens is 498 g/mol. The van der Waals surface area contributed by atoms with E-state index in [1.807, 2.05) is 13.0 Å². The van der Waals surface area contributed by atoms with Gasteiger partial charge in [-0.3, -0.25) is 4.79 Å². The van der Waals surface area contributed by atoms with Crippen molar-refractivity contribution < 1.29 is 47.8 Å². The van der Waals surface area contributed by atoms with Crippen LogP contribution in [0.5, 0.6) is 0 Å². The van der Waals surface area contributed by atoms with Crippen LogP contribution in [-0.4, -0.2) is 128 Å². The summed E-state index contributed by atoms with van der Waals surface area (Å²) in [4.78, 5) is 15.3. The molecule has 2 heterocycles. The number of aliphatic hydroxyl groups is 1. The lowest BCUT2D eigenvalue weighted by molar-refractivity contribution is -0.180. The van der Waals surface area contributed by atoms with Crippen LogP contribution in [0, 0.1) is 17.8 Å². The second-order valence-corrected chi connectivity index (χ2v) is 9.44. The van der Waals surface area contributed by atoms with Gasteiger partial charge in [0.25, 0.3) is 5.91 Å². The number of allylic oxidation sites excluding steroid dienone is 1. The Hall–Kier alpha value is -1.31. The summed E-state index contributed by atoms with van der Waals surface area (Å²) in [5.41, 5.74) is 0. The third-order valence-corrected chi connectivity index (χ3v) is 6.36. The van der Waals surface area contributed by atoms with Crippen LogP contribution in [0.3, 0.4) is 0 Å². The van der Waals surface area contributed by atoms with E-state index < -0.39 is 6.29 Å². The maximum absolute atomic E-state index is 13.6. The number of amides is 1. The molecule has 3 unspecified atom stereocenters. The molecule has 0 radical (unpaired) electrons. The minimum atomic E-state index is -0.546. The first kappa shape index (κ1) is 32.9. The smallest absolute Gasteiger partial charge is 0.288 e. The van der Waals surface area contributed by atoms with Crippen molar-refractivity contribution in [2.75, 3.05) is 106 Å². The van der Waals surface area contributed by atoms with Crippen molar-refractivity contribution in [2.24, 2.45) is 17.8 Å². The summed E-state index contributed by atoms with van der Waals surface area (Å²) in [6.07, 6.45) is 2.13. The van der Waals surface area contributed by atoms with Crippen LogP contribution >= 0.6 is 0 Å². The summed E-state index contributed by atoms with van der Waals surface area (Å²) in [5.74, 6) is 0.511. The Morgan fingerprint density at radius 1 is 0.921 bits per heavy atom. The molecule has 1 N–H and O–H groups in total. The predicted octanol–water partition coefficient (Wildman–Crippen LogP) is 1.48. The summed E-state index contributed by atoms with van der Waals surface area (Å²) in [6, 6.07) is 0. The van der Waals surface area contributed by atoms with E-state index in [0.29, 0.717) is 105 Å². The molecule has 1 amide bonds. The normalized spacial score (nSPS) is 24.8. The number of carbonyl (C=O) groups is 1. The second-order valence-electron chi connectivity index (χ2n) is 9.44. The van der Waals surface area contributed by atoms with Gasteiger partial charge in [0.05, 0.1) is 79.3 Å². The first-order valence-corrected chi connectivity index (χ1v) is 13.9. The van der Waals surface area contributed by atoms with Crippen LogP contribution in [-0.2, 0) is 42.7 Å². The number of rotatable bonds is 12. The molecule has 1 fully saturated rings. The minimum absolute atomic E-state index is 0.000301. The molecule has 1 saturated heterocycles. The highest BCUT2D eigenvalue weighted by atomic mass is 16.7. The van der Waals surface area contributed by atoms with Gasteiger partial charge in [-0.2, -0.15) is 0 Å². The van der Waals surface area contributed by atoms with Gasteiger partial charge >= 0.3 is 0 Å². The third-order valence-electron chi connectivity index (χ3n) is 6.36. The first-order valence-electron chi connectivity index (χ1n) is 13.9. The van der Waals surface area contributed by atoms with Crippen molar-refractivity contribution in [1.29, 1.82) is 0 Å². The van der Waals surface area contributed by atoms with Crippen molar-refractivity contribution in [3.05, 3.63) is 11.8 Å². The molecule has 0 saturated carbocycles. The Morgan fingerprint density at radius 2 is 1.47 bits per heavy atom. The third kappa shape index (κ3) is 12.7. The Labute approximate surface area is 227 Å². The molecule has 0 aromatic carbocycles. The largest absolute Gasteiger partial charge is 0.459 e. The van der Waals surface area contributed by atoms with Gasteiger partial charge in [-0.25, -0.2) is 0 Å². The lowest BCUT2D eigenvalue weighted by atomic mass is 9.79. The molecule has 11 heteroatoms. The SMILES string of the molecule is CCOC1OC(C(=O)N2CCOCCOCCOCCOCC2)=CC(C(C)C)C1CCOCCOCCO. The Kier molecular flexibility index (Phi) is 17.8. The van der Waals surface area contributed by atoms with E-state index in [2.05, 4.69) is 13.8 Å². The summed E-state index contributed by atoms with van der Waals surface area (Å²) < 4.78 is 45.5. The summed E-state index contributed by atoms with van der Waals surface area (Å²) >= 11 is 0. The lowest BCUT2D eigenvalue weighted by Gasteiger charge is -2.39. The quantitative estimate of drug-likeness (QED) is 0.360. The maximum atomic E-state index is 13.6. The molecule has 0 aromatic heterocycles. The van der Waals surface area contributed by atoms with Crippen LogP contribution in [0.25, 0.3) is 0 Å². The summed E-state index contributed by atoms with van der Waals surface area (Å²) in [5, 5.41) is 8.80.